The summed E-state index contributed by atoms with van der Waals surface area (Å²) in [7, 11) is 0. The van der Waals surface area contributed by atoms with Gasteiger partial charge in [0.15, 0.2) is 0 Å². The second-order valence-corrected chi connectivity index (χ2v) is 5.95. The van der Waals surface area contributed by atoms with Crippen molar-refractivity contribution in [2.24, 2.45) is 5.41 Å². The van der Waals surface area contributed by atoms with Crippen molar-refractivity contribution in [3.05, 3.63) is 17.6 Å². The van der Waals surface area contributed by atoms with Gasteiger partial charge in [0.1, 0.15) is 11.6 Å². The molecular weight excluding hydrogens is 238 g/mol. The van der Waals surface area contributed by atoms with Gasteiger partial charge in [-0.3, -0.25) is 0 Å². The molecule has 104 valence electrons. The van der Waals surface area contributed by atoms with E-state index in [0.29, 0.717) is 5.41 Å². The van der Waals surface area contributed by atoms with Crippen LogP contribution in [0.2, 0.25) is 0 Å². The van der Waals surface area contributed by atoms with E-state index in [-0.39, 0.29) is 0 Å². The van der Waals surface area contributed by atoms with Crippen molar-refractivity contribution >= 4 is 5.82 Å². The van der Waals surface area contributed by atoms with E-state index < -0.39 is 0 Å². The van der Waals surface area contributed by atoms with Gasteiger partial charge in [-0.15, -0.1) is 0 Å². The van der Waals surface area contributed by atoms with Gasteiger partial charge >= 0.3 is 0 Å². The minimum Gasteiger partial charge on any atom is -0.381 e. The first-order valence-corrected chi connectivity index (χ1v) is 7.38. The molecule has 2 fully saturated rings. The molecule has 2 aliphatic rings. The van der Waals surface area contributed by atoms with E-state index in [4.69, 9.17) is 4.74 Å². The molecule has 0 saturated carbocycles. The van der Waals surface area contributed by atoms with Crippen LogP contribution in [0.4, 0.5) is 5.82 Å². The maximum atomic E-state index is 5.70. The summed E-state index contributed by atoms with van der Waals surface area (Å²) >= 11 is 0. The Kier molecular flexibility index (Phi) is 3.44. The lowest BCUT2D eigenvalue weighted by molar-refractivity contribution is 0.00437. The third kappa shape index (κ3) is 2.59. The van der Waals surface area contributed by atoms with Gasteiger partial charge < -0.3 is 9.64 Å². The van der Waals surface area contributed by atoms with E-state index in [1.54, 1.807) is 0 Å². The normalized spacial score (nSPS) is 27.2. The topological polar surface area (TPSA) is 38.2 Å². The molecular formula is C15H23N3O. The largest absolute Gasteiger partial charge is 0.381 e. The lowest BCUT2D eigenvalue weighted by atomic mass is 9.82. The van der Waals surface area contributed by atoms with Crippen molar-refractivity contribution in [3.63, 3.8) is 0 Å². The monoisotopic (exact) mass is 261 g/mol. The molecule has 3 heterocycles. The smallest absolute Gasteiger partial charge is 0.132 e. The number of hydrogen-bond donors (Lipinski definition) is 0. The van der Waals surface area contributed by atoms with Crippen LogP contribution in [0.5, 0.6) is 0 Å². The first-order chi connectivity index (χ1) is 9.21. The lowest BCUT2D eigenvalue weighted by Gasteiger charge is -2.33. The van der Waals surface area contributed by atoms with Crippen LogP contribution in [0.25, 0.3) is 0 Å². The highest BCUT2D eigenvalue weighted by atomic mass is 16.5. The Labute approximate surface area is 115 Å². The Bertz CT molecular complexity index is 455. The zero-order valence-corrected chi connectivity index (χ0v) is 12.0. The average Bonchev–Trinajstić information content (AvgIpc) is 2.83. The molecule has 0 N–H and O–H groups in total. The van der Waals surface area contributed by atoms with Gasteiger partial charge in [0.25, 0.3) is 0 Å². The zero-order valence-electron chi connectivity index (χ0n) is 12.0. The number of rotatable bonds is 2. The minimum atomic E-state index is 0.378. The zero-order chi connectivity index (χ0) is 13.3. The molecule has 0 aliphatic carbocycles. The van der Waals surface area contributed by atoms with Gasteiger partial charge in [-0.1, -0.05) is 6.92 Å². The summed E-state index contributed by atoms with van der Waals surface area (Å²) < 4.78 is 5.70. The van der Waals surface area contributed by atoms with Crippen molar-refractivity contribution in [2.75, 3.05) is 31.2 Å². The number of ether oxygens (including phenoxy) is 1. The fourth-order valence-corrected chi connectivity index (χ4v) is 3.32. The Morgan fingerprint density at radius 3 is 3.00 bits per heavy atom. The van der Waals surface area contributed by atoms with Crippen molar-refractivity contribution in [1.82, 2.24) is 9.97 Å². The fourth-order valence-electron chi connectivity index (χ4n) is 3.32. The van der Waals surface area contributed by atoms with E-state index in [1.165, 1.54) is 19.3 Å². The SMILES string of the molecule is CCc1cc(N2CCC3(CCCOC3)C2)nc(C)n1. The molecule has 2 aliphatic heterocycles. The lowest BCUT2D eigenvalue weighted by Crippen LogP contribution is -2.35. The van der Waals surface area contributed by atoms with Gasteiger partial charge in [-0.25, -0.2) is 9.97 Å². The van der Waals surface area contributed by atoms with Crippen LogP contribution in [0, 0.1) is 12.3 Å². The highest BCUT2D eigenvalue weighted by Crippen LogP contribution is 2.39. The first kappa shape index (κ1) is 12.9. The molecule has 4 nitrogen and oxygen atoms in total. The number of hydrogen-bond acceptors (Lipinski definition) is 4. The van der Waals surface area contributed by atoms with Gasteiger partial charge in [0.05, 0.1) is 6.61 Å². The van der Waals surface area contributed by atoms with Crippen LogP contribution >= 0.6 is 0 Å². The second-order valence-electron chi connectivity index (χ2n) is 5.95. The third-order valence-corrected chi connectivity index (χ3v) is 4.41. The van der Waals surface area contributed by atoms with Crippen LogP contribution in [0.3, 0.4) is 0 Å². The molecule has 1 unspecified atom stereocenters. The molecule has 1 spiro atoms. The van der Waals surface area contributed by atoms with E-state index in [1.807, 2.05) is 6.92 Å². The van der Waals surface area contributed by atoms with Crippen LogP contribution < -0.4 is 4.90 Å². The summed E-state index contributed by atoms with van der Waals surface area (Å²) in [4.78, 5) is 11.5. The van der Waals surface area contributed by atoms with Gasteiger partial charge in [0.2, 0.25) is 0 Å². The summed E-state index contributed by atoms with van der Waals surface area (Å²) in [5.41, 5.74) is 1.52. The predicted molar refractivity (Wildman–Crippen MR) is 75.5 cm³/mol. The molecule has 1 aromatic heterocycles. The number of aromatic nitrogens is 2. The highest BCUT2D eigenvalue weighted by molar-refractivity contribution is 5.42. The summed E-state index contributed by atoms with van der Waals surface area (Å²) in [6.07, 6.45) is 4.71. The van der Waals surface area contributed by atoms with E-state index in [2.05, 4.69) is 27.9 Å². The fraction of sp³-hybridized carbons (Fsp3) is 0.733. The summed E-state index contributed by atoms with van der Waals surface area (Å²) in [5, 5.41) is 0. The second kappa shape index (κ2) is 5.08. The maximum Gasteiger partial charge on any atom is 0.132 e. The maximum absolute atomic E-state index is 5.70. The standard InChI is InChI=1S/C15H23N3O/c1-3-13-9-14(17-12(2)16-13)18-7-6-15(10-18)5-4-8-19-11-15/h9H,3-8,10-11H2,1-2H3. The van der Waals surface area contributed by atoms with Crippen molar-refractivity contribution < 1.29 is 4.74 Å². The number of nitrogens with zero attached hydrogens (tertiary/aromatic N) is 3. The van der Waals surface area contributed by atoms with Gasteiger partial charge in [-0.2, -0.15) is 0 Å². The van der Waals surface area contributed by atoms with Gasteiger partial charge in [-0.05, 0) is 32.6 Å². The van der Waals surface area contributed by atoms with Crippen LogP contribution in [0.15, 0.2) is 6.07 Å². The Morgan fingerprint density at radius 2 is 2.26 bits per heavy atom. The van der Waals surface area contributed by atoms with Crippen LogP contribution in [-0.4, -0.2) is 36.3 Å². The summed E-state index contributed by atoms with van der Waals surface area (Å²) in [6, 6.07) is 2.15. The summed E-state index contributed by atoms with van der Waals surface area (Å²) in [5.74, 6) is 1.99. The van der Waals surface area contributed by atoms with Crippen LogP contribution in [0.1, 0.15) is 37.7 Å². The van der Waals surface area contributed by atoms with Gasteiger partial charge in [0, 0.05) is 36.9 Å². The van der Waals surface area contributed by atoms with E-state index in [0.717, 1.165) is 50.1 Å². The first-order valence-electron chi connectivity index (χ1n) is 7.38. The molecule has 2 saturated heterocycles. The average molecular weight is 261 g/mol. The molecule has 19 heavy (non-hydrogen) atoms. The molecule has 0 aromatic carbocycles. The Hall–Kier alpha value is -1.16. The predicted octanol–water partition coefficient (Wildman–Crippen LogP) is 2.35. The Balaban J connectivity index is 1.78. The van der Waals surface area contributed by atoms with Crippen molar-refractivity contribution in [3.8, 4) is 0 Å². The molecule has 3 rings (SSSR count). The molecule has 0 bridgehead atoms. The minimum absolute atomic E-state index is 0.378. The quantitative estimate of drug-likeness (QED) is 0.819. The molecule has 0 radical (unpaired) electrons. The molecule has 0 amide bonds. The van der Waals surface area contributed by atoms with E-state index in [9.17, 15) is 0 Å². The highest BCUT2D eigenvalue weighted by Gasteiger charge is 2.40. The summed E-state index contributed by atoms with van der Waals surface area (Å²) in [6.45, 7) is 8.18. The Morgan fingerprint density at radius 1 is 1.37 bits per heavy atom. The third-order valence-electron chi connectivity index (χ3n) is 4.41. The van der Waals surface area contributed by atoms with Crippen molar-refractivity contribution in [2.45, 2.75) is 39.5 Å². The molecule has 4 heteroatoms. The number of anilines is 1. The van der Waals surface area contributed by atoms with E-state index >= 15 is 0 Å². The molecule has 1 atom stereocenters. The number of aryl methyl sites for hydroxylation is 2. The van der Waals surface area contributed by atoms with Crippen molar-refractivity contribution in [1.29, 1.82) is 0 Å². The van der Waals surface area contributed by atoms with Crippen LogP contribution in [-0.2, 0) is 11.2 Å². The molecule has 1 aromatic rings.